The maximum atomic E-state index is 10.7. The Hall–Kier alpha value is -2.35. The lowest BCUT2D eigenvalue weighted by atomic mass is 10.1. The highest BCUT2D eigenvalue weighted by Gasteiger charge is 2.19. The van der Waals surface area contributed by atoms with Crippen molar-refractivity contribution < 1.29 is 19.6 Å². The average molecular weight is 281 g/mol. The van der Waals surface area contributed by atoms with Gasteiger partial charge in [-0.25, -0.2) is 0 Å². The van der Waals surface area contributed by atoms with Crippen LogP contribution in [0.4, 0.5) is 5.69 Å². The van der Waals surface area contributed by atoms with Crippen LogP contribution in [-0.4, -0.2) is 35.8 Å². The van der Waals surface area contributed by atoms with Gasteiger partial charge in [-0.15, -0.1) is 0 Å². The van der Waals surface area contributed by atoms with Gasteiger partial charge >= 0.3 is 0 Å². The average Bonchev–Trinajstić information content (AvgIpc) is 2.97. The van der Waals surface area contributed by atoms with E-state index >= 15 is 0 Å². The summed E-state index contributed by atoms with van der Waals surface area (Å²) in [5.41, 5.74) is 5.57. The number of nitrogens with two attached hydrogens (primary N) is 1. The summed E-state index contributed by atoms with van der Waals surface area (Å²) in [6.45, 7) is 1.76. The fourth-order valence-corrected chi connectivity index (χ4v) is 1.93. The Balaban J connectivity index is 2.19. The molecule has 1 atom stereocenters. The Morgan fingerprint density at radius 3 is 3.05 bits per heavy atom. The van der Waals surface area contributed by atoms with Crippen molar-refractivity contribution in [2.24, 2.45) is 16.8 Å². The molecule has 8 heteroatoms. The van der Waals surface area contributed by atoms with Crippen LogP contribution in [0.5, 0.6) is 5.75 Å². The van der Waals surface area contributed by atoms with Crippen LogP contribution >= 0.6 is 0 Å². The first-order valence-corrected chi connectivity index (χ1v) is 6.08. The Morgan fingerprint density at radius 2 is 2.45 bits per heavy atom. The van der Waals surface area contributed by atoms with Gasteiger partial charge in [-0.3, -0.25) is 10.1 Å². The number of nitrogens with zero attached hydrogens (tertiary/aromatic N) is 2. The Morgan fingerprint density at radius 1 is 1.65 bits per heavy atom. The number of nitro benzene ring substituents is 1. The molecule has 8 nitrogen and oxygen atoms in total. The van der Waals surface area contributed by atoms with Gasteiger partial charge in [0.15, 0.2) is 5.84 Å². The molecule has 1 fully saturated rings. The zero-order chi connectivity index (χ0) is 14.5. The predicted octanol–water partition coefficient (Wildman–Crippen LogP) is 1.10. The monoisotopic (exact) mass is 281 g/mol. The Bertz CT molecular complexity index is 526. The van der Waals surface area contributed by atoms with Crippen molar-refractivity contribution in [3.63, 3.8) is 0 Å². The minimum Gasteiger partial charge on any atom is -0.492 e. The third kappa shape index (κ3) is 3.15. The molecule has 0 aliphatic carbocycles. The second-order valence-electron chi connectivity index (χ2n) is 4.46. The summed E-state index contributed by atoms with van der Waals surface area (Å²) < 4.78 is 10.8. The highest BCUT2D eigenvalue weighted by molar-refractivity contribution is 6.00. The smallest absolute Gasteiger partial charge is 0.270 e. The summed E-state index contributed by atoms with van der Waals surface area (Å²) in [7, 11) is 0. The third-order valence-electron chi connectivity index (χ3n) is 3.06. The van der Waals surface area contributed by atoms with E-state index in [1.807, 2.05) is 0 Å². The highest BCUT2D eigenvalue weighted by atomic mass is 16.6. The topological polar surface area (TPSA) is 120 Å². The van der Waals surface area contributed by atoms with E-state index in [0.29, 0.717) is 25.6 Å². The Kier molecular flexibility index (Phi) is 4.36. The first kappa shape index (κ1) is 14.1. The number of ether oxygens (including phenoxy) is 2. The SMILES string of the molecule is NC(=NO)c1cc([N+](=O)[O-])ccc1OCC1CCOC1. The molecule has 1 aromatic rings. The van der Waals surface area contributed by atoms with Crippen LogP contribution in [0.25, 0.3) is 0 Å². The maximum Gasteiger partial charge on any atom is 0.270 e. The highest BCUT2D eigenvalue weighted by Crippen LogP contribution is 2.25. The van der Waals surface area contributed by atoms with Crippen LogP contribution in [0.15, 0.2) is 23.4 Å². The molecule has 1 aliphatic rings. The summed E-state index contributed by atoms with van der Waals surface area (Å²) in [6, 6.07) is 3.98. The lowest BCUT2D eigenvalue weighted by molar-refractivity contribution is -0.384. The number of non-ortho nitro benzene ring substituents is 1. The van der Waals surface area contributed by atoms with Gasteiger partial charge in [0.2, 0.25) is 0 Å². The first-order valence-electron chi connectivity index (χ1n) is 6.08. The number of oxime groups is 1. The molecule has 1 heterocycles. The fraction of sp³-hybridized carbons (Fsp3) is 0.417. The van der Waals surface area contributed by atoms with Gasteiger partial charge in [0.1, 0.15) is 5.75 Å². The van der Waals surface area contributed by atoms with E-state index in [9.17, 15) is 10.1 Å². The number of nitro groups is 1. The summed E-state index contributed by atoms with van der Waals surface area (Å²) in [4.78, 5) is 10.2. The molecule has 0 aromatic heterocycles. The third-order valence-corrected chi connectivity index (χ3v) is 3.06. The van der Waals surface area contributed by atoms with E-state index in [4.69, 9.17) is 20.4 Å². The number of hydrogen-bond acceptors (Lipinski definition) is 6. The lowest BCUT2D eigenvalue weighted by Crippen LogP contribution is -2.17. The van der Waals surface area contributed by atoms with Crippen LogP contribution in [-0.2, 0) is 4.74 Å². The predicted molar refractivity (Wildman–Crippen MR) is 70.0 cm³/mol. The largest absolute Gasteiger partial charge is 0.492 e. The van der Waals surface area contributed by atoms with E-state index in [-0.39, 0.29) is 23.0 Å². The van der Waals surface area contributed by atoms with Crippen molar-refractivity contribution in [3.8, 4) is 5.75 Å². The van der Waals surface area contributed by atoms with Crippen LogP contribution in [0.1, 0.15) is 12.0 Å². The van der Waals surface area contributed by atoms with Gasteiger partial charge in [0.05, 0.1) is 23.7 Å². The molecule has 0 bridgehead atoms. The molecular weight excluding hydrogens is 266 g/mol. The summed E-state index contributed by atoms with van der Waals surface area (Å²) in [5, 5.41) is 22.4. The van der Waals surface area contributed by atoms with Crippen molar-refractivity contribution in [2.75, 3.05) is 19.8 Å². The minimum absolute atomic E-state index is 0.150. The van der Waals surface area contributed by atoms with Crippen LogP contribution in [0.2, 0.25) is 0 Å². The first-order chi connectivity index (χ1) is 9.61. The van der Waals surface area contributed by atoms with Crippen molar-refractivity contribution in [1.82, 2.24) is 0 Å². The van der Waals surface area contributed by atoms with Gasteiger partial charge in [-0.05, 0) is 12.5 Å². The standard InChI is InChI=1S/C12H15N3O5/c13-12(14-16)10-5-9(15(17)18)1-2-11(10)20-7-8-3-4-19-6-8/h1-2,5,8,16H,3-4,6-7H2,(H2,13,14). The normalized spacial score (nSPS) is 19.0. The summed E-state index contributed by atoms with van der Waals surface area (Å²) in [6.07, 6.45) is 0.909. The van der Waals surface area contributed by atoms with Crippen LogP contribution < -0.4 is 10.5 Å². The molecule has 0 spiro atoms. The molecule has 3 N–H and O–H groups in total. The summed E-state index contributed by atoms with van der Waals surface area (Å²) in [5.74, 6) is 0.398. The molecule has 1 saturated heterocycles. The molecule has 1 unspecified atom stereocenters. The lowest BCUT2D eigenvalue weighted by Gasteiger charge is -2.13. The van der Waals surface area contributed by atoms with Gasteiger partial charge < -0.3 is 20.4 Å². The molecule has 1 aliphatic heterocycles. The molecule has 108 valence electrons. The van der Waals surface area contributed by atoms with Crippen molar-refractivity contribution >= 4 is 11.5 Å². The fourth-order valence-electron chi connectivity index (χ4n) is 1.93. The quantitative estimate of drug-likeness (QED) is 0.274. The molecule has 1 aromatic carbocycles. The van der Waals surface area contributed by atoms with E-state index in [1.54, 1.807) is 0 Å². The van der Waals surface area contributed by atoms with Crippen LogP contribution in [0, 0.1) is 16.0 Å². The zero-order valence-corrected chi connectivity index (χ0v) is 10.7. The molecule has 2 rings (SSSR count). The minimum atomic E-state index is -0.553. The van der Waals surface area contributed by atoms with Gasteiger partial charge in [0.25, 0.3) is 5.69 Å². The maximum absolute atomic E-state index is 10.7. The van der Waals surface area contributed by atoms with Crippen molar-refractivity contribution in [3.05, 3.63) is 33.9 Å². The molecule has 0 saturated carbocycles. The second kappa shape index (κ2) is 6.20. The second-order valence-corrected chi connectivity index (χ2v) is 4.46. The van der Waals surface area contributed by atoms with Gasteiger partial charge in [-0.1, -0.05) is 5.16 Å². The van der Waals surface area contributed by atoms with E-state index in [1.165, 1.54) is 18.2 Å². The van der Waals surface area contributed by atoms with Gasteiger partial charge in [-0.2, -0.15) is 0 Å². The number of rotatable bonds is 5. The number of hydrogen-bond donors (Lipinski definition) is 2. The van der Waals surface area contributed by atoms with Crippen LogP contribution in [0.3, 0.4) is 0 Å². The van der Waals surface area contributed by atoms with Gasteiger partial charge in [0, 0.05) is 24.7 Å². The zero-order valence-electron chi connectivity index (χ0n) is 10.7. The molecule has 20 heavy (non-hydrogen) atoms. The van der Waals surface area contributed by atoms with E-state index in [0.717, 1.165) is 6.42 Å². The number of benzene rings is 1. The molecule has 0 amide bonds. The number of amidine groups is 1. The summed E-state index contributed by atoms with van der Waals surface area (Å²) >= 11 is 0. The van der Waals surface area contributed by atoms with E-state index in [2.05, 4.69) is 5.16 Å². The van der Waals surface area contributed by atoms with E-state index < -0.39 is 4.92 Å². The van der Waals surface area contributed by atoms with Crippen molar-refractivity contribution in [2.45, 2.75) is 6.42 Å². The molecular formula is C12H15N3O5. The Labute approximate surface area is 114 Å². The molecule has 0 radical (unpaired) electrons. The van der Waals surface area contributed by atoms with Crippen molar-refractivity contribution in [1.29, 1.82) is 0 Å².